The van der Waals surface area contributed by atoms with Crippen LogP contribution in [0.3, 0.4) is 0 Å². The SMILES string of the molecule is CCc1cccc2cccc(N3CCc4c(nc(OC[C@@H]5CCCN5C)nc4N4CCN[C@@H](CC#N)C4)C3)c12. The minimum Gasteiger partial charge on any atom is -0.462 e. The molecule has 0 saturated carbocycles. The quantitative estimate of drug-likeness (QED) is 0.497. The van der Waals surface area contributed by atoms with Crippen molar-refractivity contribution in [1.82, 2.24) is 20.2 Å². The van der Waals surface area contributed by atoms with Gasteiger partial charge in [-0.15, -0.1) is 0 Å². The van der Waals surface area contributed by atoms with Gasteiger partial charge < -0.3 is 24.8 Å². The minimum absolute atomic E-state index is 0.147. The van der Waals surface area contributed by atoms with Crippen LogP contribution in [0, 0.1) is 11.3 Å². The van der Waals surface area contributed by atoms with E-state index in [1.165, 1.54) is 34.0 Å². The summed E-state index contributed by atoms with van der Waals surface area (Å²) < 4.78 is 6.30. The monoisotopic (exact) mass is 525 g/mol. The van der Waals surface area contributed by atoms with Crippen LogP contribution < -0.4 is 19.9 Å². The van der Waals surface area contributed by atoms with Crippen molar-refractivity contribution in [3.8, 4) is 12.1 Å². The highest BCUT2D eigenvalue weighted by Gasteiger charge is 2.30. The first-order valence-corrected chi connectivity index (χ1v) is 14.5. The second kappa shape index (κ2) is 11.4. The number of hydrogen-bond donors (Lipinski definition) is 1. The molecular weight excluding hydrogens is 486 g/mol. The van der Waals surface area contributed by atoms with Crippen molar-refractivity contribution in [3.05, 3.63) is 53.2 Å². The van der Waals surface area contributed by atoms with Crippen LogP contribution in [0.2, 0.25) is 0 Å². The molecule has 3 aliphatic rings. The predicted octanol–water partition coefficient (Wildman–Crippen LogP) is 3.92. The van der Waals surface area contributed by atoms with Crippen molar-refractivity contribution in [2.75, 3.05) is 56.2 Å². The lowest BCUT2D eigenvalue weighted by atomic mass is 9.98. The van der Waals surface area contributed by atoms with Gasteiger partial charge in [-0.2, -0.15) is 15.2 Å². The lowest BCUT2D eigenvalue weighted by Crippen LogP contribution is -2.51. The summed E-state index contributed by atoms with van der Waals surface area (Å²) in [6.07, 6.45) is 4.74. The molecule has 8 nitrogen and oxygen atoms in total. The maximum absolute atomic E-state index is 9.29. The van der Waals surface area contributed by atoms with E-state index in [1.54, 1.807) is 0 Å². The lowest BCUT2D eigenvalue weighted by molar-refractivity contribution is 0.187. The predicted molar refractivity (Wildman–Crippen MR) is 155 cm³/mol. The number of nitrogens with zero attached hydrogens (tertiary/aromatic N) is 6. The molecule has 1 N–H and O–H groups in total. The van der Waals surface area contributed by atoms with Crippen molar-refractivity contribution < 1.29 is 4.74 Å². The molecule has 0 spiro atoms. The maximum Gasteiger partial charge on any atom is 0.318 e. The van der Waals surface area contributed by atoms with Gasteiger partial charge in [0.25, 0.3) is 0 Å². The Balaban J connectivity index is 1.34. The number of nitrogens with one attached hydrogen (secondary N) is 1. The Morgan fingerprint density at radius 3 is 2.77 bits per heavy atom. The van der Waals surface area contributed by atoms with Crippen LogP contribution in [0.1, 0.15) is 43.0 Å². The van der Waals surface area contributed by atoms with Crippen LogP contribution in [0.15, 0.2) is 36.4 Å². The molecule has 0 amide bonds. The zero-order chi connectivity index (χ0) is 26.8. The van der Waals surface area contributed by atoms with Gasteiger partial charge in [0.2, 0.25) is 0 Å². The van der Waals surface area contributed by atoms with Gasteiger partial charge in [0.1, 0.15) is 12.4 Å². The number of anilines is 2. The number of fused-ring (bicyclic) bond motifs is 2. The molecule has 0 radical (unpaired) electrons. The number of aromatic nitrogens is 2. The van der Waals surface area contributed by atoms with Crippen LogP contribution in [0.5, 0.6) is 6.01 Å². The molecule has 0 bridgehead atoms. The summed E-state index contributed by atoms with van der Waals surface area (Å²) in [4.78, 5) is 17.2. The molecule has 8 heteroatoms. The fourth-order valence-electron chi connectivity index (χ4n) is 6.50. The molecule has 2 atom stereocenters. The zero-order valence-corrected chi connectivity index (χ0v) is 23.2. The van der Waals surface area contributed by atoms with Crippen molar-refractivity contribution in [3.63, 3.8) is 0 Å². The standard InChI is InChI=1S/C31H39N7O/c1-3-22-7-4-8-23-9-5-11-28(29(22)23)37-17-13-26-27(20-37)34-31(39-21-25-10-6-16-36(25)2)35-30(26)38-18-15-33-24(19-38)12-14-32/h4-5,7-9,11,24-25,33H,3,6,10,12-13,15-21H2,1-2H3/t24-,25-/m0/s1. The Bertz CT molecular complexity index is 1360. The molecule has 3 aliphatic heterocycles. The average molecular weight is 526 g/mol. The highest BCUT2D eigenvalue weighted by atomic mass is 16.5. The van der Waals surface area contributed by atoms with Gasteiger partial charge in [0, 0.05) is 54.9 Å². The fourth-order valence-corrected chi connectivity index (χ4v) is 6.50. The summed E-state index contributed by atoms with van der Waals surface area (Å²) in [6.45, 7) is 8.09. The Kier molecular flexibility index (Phi) is 7.53. The molecule has 0 unspecified atom stereocenters. The molecule has 2 saturated heterocycles. The molecule has 6 rings (SSSR count). The molecule has 204 valence electrons. The van der Waals surface area contributed by atoms with Crippen LogP contribution in [0.4, 0.5) is 11.5 Å². The number of ether oxygens (including phenoxy) is 1. The van der Waals surface area contributed by atoms with Gasteiger partial charge in [-0.05, 0) is 56.3 Å². The zero-order valence-electron chi connectivity index (χ0n) is 23.2. The van der Waals surface area contributed by atoms with Gasteiger partial charge in [0.15, 0.2) is 0 Å². The van der Waals surface area contributed by atoms with Crippen LogP contribution in [0.25, 0.3) is 10.8 Å². The smallest absolute Gasteiger partial charge is 0.318 e. The third kappa shape index (κ3) is 5.26. The van der Waals surface area contributed by atoms with E-state index >= 15 is 0 Å². The number of hydrogen-bond acceptors (Lipinski definition) is 8. The normalized spacial score (nSPS) is 21.7. The molecule has 2 aromatic carbocycles. The molecule has 2 fully saturated rings. The fraction of sp³-hybridized carbons (Fsp3) is 0.516. The average Bonchev–Trinajstić information content (AvgIpc) is 3.39. The number of likely N-dealkylation sites (tertiary alicyclic amines) is 1. The second-order valence-corrected chi connectivity index (χ2v) is 11.1. The topological polar surface area (TPSA) is 80.6 Å². The number of likely N-dealkylation sites (N-methyl/N-ethyl adjacent to an activating group) is 1. The summed E-state index contributed by atoms with van der Waals surface area (Å²) in [5, 5.41) is 15.4. The maximum atomic E-state index is 9.29. The summed E-state index contributed by atoms with van der Waals surface area (Å²) in [5.74, 6) is 0.992. The third-order valence-electron chi connectivity index (χ3n) is 8.68. The molecule has 3 aromatic rings. The lowest BCUT2D eigenvalue weighted by Gasteiger charge is -2.37. The molecule has 39 heavy (non-hydrogen) atoms. The van der Waals surface area contributed by atoms with E-state index in [0.717, 1.165) is 70.0 Å². The van der Waals surface area contributed by atoms with Crippen molar-refractivity contribution in [2.24, 2.45) is 0 Å². The highest BCUT2D eigenvalue weighted by Crippen LogP contribution is 2.36. The van der Waals surface area contributed by atoms with Gasteiger partial charge in [0.05, 0.1) is 24.7 Å². The largest absolute Gasteiger partial charge is 0.462 e. The highest BCUT2D eigenvalue weighted by molar-refractivity contribution is 5.97. The van der Waals surface area contributed by atoms with E-state index in [0.29, 0.717) is 25.1 Å². The second-order valence-electron chi connectivity index (χ2n) is 11.1. The molecule has 4 heterocycles. The first kappa shape index (κ1) is 25.8. The first-order valence-electron chi connectivity index (χ1n) is 14.5. The Morgan fingerprint density at radius 2 is 1.97 bits per heavy atom. The van der Waals surface area contributed by atoms with Gasteiger partial charge in [-0.1, -0.05) is 37.3 Å². The molecular formula is C31H39N7O. The van der Waals surface area contributed by atoms with E-state index in [2.05, 4.69) is 76.5 Å². The Morgan fingerprint density at radius 1 is 1.10 bits per heavy atom. The summed E-state index contributed by atoms with van der Waals surface area (Å²) in [6, 6.07) is 16.6. The van der Waals surface area contributed by atoms with Crippen molar-refractivity contribution >= 4 is 22.3 Å². The Hall–Kier alpha value is -3.41. The van der Waals surface area contributed by atoms with Crippen LogP contribution >= 0.6 is 0 Å². The minimum atomic E-state index is 0.147. The van der Waals surface area contributed by atoms with Crippen molar-refractivity contribution in [2.45, 2.75) is 57.7 Å². The van der Waals surface area contributed by atoms with Gasteiger partial charge in [-0.3, -0.25) is 0 Å². The number of benzene rings is 2. The van der Waals surface area contributed by atoms with E-state index in [-0.39, 0.29) is 6.04 Å². The summed E-state index contributed by atoms with van der Waals surface area (Å²) in [5.41, 5.74) is 4.95. The molecule has 0 aliphatic carbocycles. The number of rotatable bonds is 7. The van der Waals surface area contributed by atoms with E-state index in [9.17, 15) is 5.26 Å². The van der Waals surface area contributed by atoms with E-state index < -0.39 is 0 Å². The number of piperazine rings is 1. The van der Waals surface area contributed by atoms with Crippen LogP contribution in [-0.4, -0.2) is 73.3 Å². The van der Waals surface area contributed by atoms with Crippen LogP contribution in [-0.2, 0) is 19.4 Å². The summed E-state index contributed by atoms with van der Waals surface area (Å²) in [7, 11) is 2.17. The summed E-state index contributed by atoms with van der Waals surface area (Å²) >= 11 is 0. The van der Waals surface area contributed by atoms with Crippen molar-refractivity contribution in [1.29, 1.82) is 5.26 Å². The number of nitriles is 1. The third-order valence-corrected chi connectivity index (χ3v) is 8.68. The Labute approximate surface area is 231 Å². The molecule has 1 aromatic heterocycles. The van der Waals surface area contributed by atoms with Gasteiger partial charge >= 0.3 is 6.01 Å². The van der Waals surface area contributed by atoms with E-state index in [4.69, 9.17) is 14.7 Å². The van der Waals surface area contributed by atoms with E-state index in [1.807, 2.05) is 0 Å². The number of aryl methyl sites for hydroxylation is 1. The first-order chi connectivity index (χ1) is 19.1. The van der Waals surface area contributed by atoms with Gasteiger partial charge in [-0.25, -0.2) is 0 Å².